The minimum Gasteiger partial charge on any atom is -0.458 e. The van der Waals surface area contributed by atoms with Crippen LogP contribution in [0.2, 0.25) is 0 Å². The number of nitrogens with zero attached hydrogens (tertiary/aromatic N) is 1. The third-order valence-electron chi connectivity index (χ3n) is 5.14. The van der Waals surface area contributed by atoms with Gasteiger partial charge in [0.05, 0.1) is 18.5 Å². The number of benzene rings is 2. The van der Waals surface area contributed by atoms with E-state index in [4.69, 9.17) is 4.74 Å². The van der Waals surface area contributed by atoms with Gasteiger partial charge in [0.25, 0.3) is 0 Å². The maximum Gasteiger partial charge on any atom is 0.329 e. The predicted octanol–water partition coefficient (Wildman–Crippen LogP) is 4.06. The predicted molar refractivity (Wildman–Crippen MR) is 132 cm³/mol. The molecular formula is C26H29N3O4S. The van der Waals surface area contributed by atoms with Crippen molar-refractivity contribution in [2.75, 3.05) is 5.32 Å². The molecule has 0 fully saturated rings. The van der Waals surface area contributed by atoms with Gasteiger partial charge in [0.2, 0.25) is 11.8 Å². The molecule has 1 aromatic heterocycles. The monoisotopic (exact) mass is 479 g/mol. The van der Waals surface area contributed by atoms with E-state index in [0.29, 0.717) is 10.7 Å². The van der Waals surface area contributed by atoms with Gasteiger partial charge in [-0.2, -0.15) is 0 Å². The first-order valence-electron chi connectivity index (χ1n) is 11.1. The zero-order valence-electron chi connectivity index (χ0n) is 19.5. The Morgan fingerprint density at radius 2 is 1.68 bits per heavy atom. The number of para-hydroxylation sites is 1. The van der Waals surface area contributed by atoms with Crippen LogP contribution in [0.4, 0.5) is 5.69 Å². The highest BCUT2D eigenvalue weighted by Crippen LogP contribution is 2.16. The number of esters is 1. The van der Waals surface area contributed by atoms with Crippen molar-refractivity contribution < 1.29 is 19.1 Å². The Labute approximate surface area is 203 Å². The molecule has 34 heavy (non-hydrogen) atoms. The van der Waals surface area contributed by atoms with Crippen molar-refractivity contribution in [3.05, 3.63) is 81.8 Å². The number of carbonyl (C=O) groups excluding carboxylic acids is 3. The minimum atomic E-state index is -0.755. The van der Waals surface area contributed by atoms with E-state index < -0.39 is 12.0 Å². The molecule has 0 saturated heterocycles. The normalized spacial score (nSPS) is 11.6. The lowest BCUT2D eigenvalue weighted by Gasteiger charge is -2.20. The SMILES string of the molecule is Cc1ccccc1NC(=O)Cc1nc(COC(=O)[C@@H](NC(=O)Cc2ccccc2)C(C)C)cs1. The molecule has 3 rings (SSSR count). The van der Waals surface area contributed by atoms with Gasteiger partial charge < -0.3 is 15.4 Å². The Morgan fingerprint density at radius 1 is 0.971 bits per heavy atom. The lowest BCUT2D eigenvalue weighted by molar-refractivity contribution is -0.150. The van der Waals surface area contributed by atoms with Gasteiger partial charge in [-0.25, -0.2) is 9.78 Å². The molecule has 0 aliphatic rings. The summed E-state index contributed by atoms with van der Waals surface area (Å²) in [6, 6.07) is 16.2. The quantitative estimate of drug-likeness (QED) is 0.428. The summed E-state index contributed by atoms with van der Waals surface area (Å²) in [5.74, 6) is -1.04. The molecule has 1 heterocycles. The van der Waals surface area contributed by atoms with Gasteiger partial charge in [-0.1, -0.05) is 62.4 Å². The lowest BCUT2D eigenvalue weighted by atomic mass is 10.0. The average molecular weight is 480 g/mol. The average Bonchev–Trinajstić information content (AvgIpc) is 3.25. The first-order chi connectivity index (χ1) is 16.3. The highest BCUT2D eigenvalue weighted by atomic mass is 32.1. The Balaban J connectivity index is 1.49. The number of nitrogens with one attached hydrogen (secondary N) is 2. The fraction of sp³-hybridized carbons (Fsp3) is 0.308. The van der Waals surface area contributed by atoms with E-state index in [1.54, 1.807) is 5.38 Å². The number of ether oxygens (including phenoxy) is 1. The molecule has 2 amide bonds. The van der Waals surface area contributed by atoms with E-state index in [2.05, 4.69) is 15.6 Å². The summed E-state index contributed by atoms with van der Waals surface area (Å²) in [7, 11) is 0. The summed E-state index contributed by atoms with van der Waals surface area (Å²) in [6.45, 7) is 5.61. The van der Waals surface area contributed by atoms with Gasteiger partial charge in [0.1, 0.15) is 17.7 Å². The molecule has 8 heteroatoms. The van der Waals surface area contributed by atoms with Crippen LogP contribution in [0.1, 0.15) is 35.7 Å². The van der Waals surface area contributed by atoms with Crippen LogP contribution in [0.5, 0.6) is 0 Å². The summed E-state index contributed by atoms with van der Waals surface area (Å²) < 4.78 is 5.42. The molecule has 0 unspecified atom stereocenters. The lowest BCUT2D eigenvalue weighted by Crippen LogP contribution is -2.45. The van der Waals surface area contributed by atoms with E-state index >= 15 is 0 Å². The van der Waals surface area contributed by atoms with Gasteiger partial charge in [-0.05, 0) is 30.0 Å². The number of aromatic nitrogens is 1. The van der Waals surface area contributed by atoms with Crippen LogP contribution in [0, 0.1) is 12.8 Å². The number of rotatable bonds is 10. The highest BCUT2D eigenvalue weighted by molar-refractivity contribution is 7.09. The highest BCUT2D eigenvalue weighted by Gasteiger charge is 2.26. The Bertz CT molecular complexity index is 1130. The molecule has 0 bridgehead atoms. The Hall–Kier alpha value is -3.52. The van der Waals surface area contributed by atoms with Crippen molar-refractivity contribution in [1.82, 2.24) is 10.3 Å². The number of amides is 2. The molecule has 0 radical (unpaired) electrons. The first-order valence-corrected chi connectivity index (χ1v) is 12.0. The van der Waals surface area contributed by atoms with Crippen LogP contribution < -0.4 is 10.6 Å². The Kier molecular flexibility index (Phi) is 8.93. The summed E-state index contributed by atoms with van der Waals surface area (Å²) in [4.78, 5) is 41.8. The third-order valence-corrected chi connectivity index (χ3v) is 6.03. The van der Waals surface area contributed by atoms with Gasteiger partial charge in [-0.3, -0.25) is 9.59 Å². The second-order valence-corrected chi connectivity index (χ2v) is 9.27. The number of hydrogen-bond acceptors (Lipinski definition) is 6. The van der Waals surface area contributed by atoms with Crippen LogP contribution in [0.25, 0.3) is 0 Å². The number of anilines is 1. The van der Waals surface area contributed by atoms with Crippen LogP contribution in [0.3, 0.4) is 0 Å². The van der Waals surface area contributed by atoms with E-state index in [9.17, 15) is 14.4 Å². The fourth-order valence-electron chi connectivity index (χ4n) is 3.28. The van der Waals surface area contributed by atoms with E-state index in [-0.39, 0.29) is 37.2 Å². The molecular weight excluding hydrogens is 450 g/mol. The minimum absolute atomic E-state index is 0.0213. The van der Waals surface area contributed by atoms with Gasteiger partial charge in [0.15, 0.2) is 0 Å². The summed E-state index contributed by atoms with van der Waals surface area (Å²) in [5, 5.41) is 8.06. The third kappa shape index (κ3) is 7.52. The Morgan fingerprint density at radius 3 is 2.38 bits per heavy atom. The molecule has 0 saturated carbocycles. The van der Waals surface area contributed by atoms with Crippen molar-refractivity contribution in [3.8, 4) is 0 Å². The molecule has 2 aromatic carbocycles. The standard InChI is InChI=1S/C26H29N3O4S/c1-17(2)25(29-22(30)13-19-10-5-4-6-11-19)26(32)33-15-20-16-34-24(27-20)14-23(31)28-21-12-8-7-9-18(21)3/h4-12,16-17,25H,13-15H2,1-3H3,(H,28,31)(H,29,30)/t25-/m0/s1. The van der Waals surface area contributed by atoms with Crippen molar-refractivity contribution in [1.29, 1.82) is 0 Å². The summed E-state index contributed by atoms with van der Waals surface area (Å²) >= 11 is 1.34. The zero-order valence-corrected chi connectivity index (χ0v) is 20.4. The molecule has 0 aliphatic heterocycles. The largest absolute Gasteiger partial charge is 0.458 e. The zero-order chi connectivity index (χ0) is 24.5. The van der Waals surface area contributed by atoms with Crippen molar-refractivity contribution in [3.63, 3.8) is 0 Å². The van der Waals surface area contributed by atoms with Crippen molar-refractivity contribution in [2.24, 2.45) is 5.92 Å². The second kappa shape index (κ2) is 12.1. The smallest absolute Gasteiger partial charge is 0.329 e. The summed E-state index contributed by atoms with van der Waals surface area (Å²) in [6.07, 6.45) is 0.328. The fourth-order valence-corrected chi connectivity index (χ4v) is 4.06. The van der Waals surface area contributed by atoms with Gasteiger partial charge >= 0.3 is 5.97 Å². The van der Waals surface area contributed by atoms with E-state index in [0.717, 1.165) is 16.8 Å². The first kappa shape index (κ1) is 25.1. The van der Waals surface area contributed by atoms with Crippen LogP contribution >= 0.6 is 11.3 Å². The van der Waals surface area contributed by atoms with Gasteiger partial charge in [0, 0.05) is 11.1 Å². The molecule has 178 valence electrons. The molecule has 2 N–H and O–H groups in total. The topological polar surface area (TPSA) is 97.4 Å². The number of hydrogen-bond donors (Lipinski definition) is 2. The maximum absolute atomic E-state index is 12.6. The van der Waals surface area contributed by atoms with Crippen molar-refractivity contribution in [2.45, 2.75) is 46.3 Å². The van der Waals surface area contributed by atoms with E-state index in [1.165, 1.54) is 11.3 Å². The molecule has 0 aliphatic carbocycles. The molecule has 0 spiro atoms. The number of thiazole rings is 1. The van der Waals surface area contributed by atoms with Gasteiger partial charge in [-0.15, -0.1) is 11.3 Å². The molecule has 3 aromatic rings. The maximum atomic E-state index is 12.6. The van der Waals surface area contributed by atoms with E-state index in [1.807, 2.05) is 75.4 Å². The second-order valence-electron chi connectivity index (χ2n) is 8.33. The van der Waals surface area contributed by atoms with Crippen LogP contribution in [0.15, 0.2) is 60.0 Å². The van der Waals surface area contributed by atoms with Crippen molar-refractivity contribution >= 4 is 34.8 Å². The summed E-state index contributed by atoms with van der Waals surface area (Å²) in [5.41, 5.74) is 3.19. The van der Waals surface area contributed by atoms with Crippen LogP contribution in [-0.4, -0.2) is 28.8 Å². The molecule has 1 atom stereocenters. The molecule has 7 nitrogen and oxygen atoms in total. The number of aryl methyl sites for hydroxylation is 1. The number of carbonyl (C=O) groups is 3. The van der Waals surface area contributed by atoms with Crippen LogP contribution in [-0.2, 0) is 38.6 Å².